The molecule has 2 unspecified atom stereocenters. The van der Waals surface area contributed by atoms with Gasteiger partial charge in [0.1, 0.15) is 0 Å². The standard InChI is InChI=1S/C18H24N2O4/c1-13-12-20(11-9-15(13)18(23)24)16(21)8-5-10-19-17(22)14-6-3-2-4-7-14/h2-4,6-7,13,15H,5,8-12H2,1H3,(H,19,22)(H,23,24). The zero-order valence-corrected chi connectivity index (χ0v) is 13.9. The second-order valence-corrected chi connectivity index (χ2v) is 6.28. The molecule has 2 amide bonds. The highest BCUT2D eigenvalue weighted by Crippen LogP contribution is 2.24. The zero-order chi connectivity index (χ0) is 17.5. The molecule has 2 rings (SSSR count). The number of carboxylic acid groups (broad SMARTS) is 1. The number of hydrogen-bond acceptors (Lipinski definition) is 3. The average molecular weight is 332 g/mol. The van der Waals surface area contributed by atoms with Gasteiger partial charge in [-0.2, -0.15) is 0 Å². The first kappa shape index (κ1) is 18.0. The maximum absolute atomic E-state index is 12.2. The van der Waals surface area contributed by atoms with Gasteiger partial charge in [0.15, 0.2) is 0 Å². The number of carbonyl (C=O) groups is 3. The van der Waals surface area contributed by atoms with Crippen molar-refractivity contribution in [3.63, 3.8) is 0 Å². The lowest BCUT2D eigenvalue weighted by Crippen LogP contribution is -2.45. The van der Waals surface area contributed by atoms with Gasteiger partial charge in [-0.05, 0) is 30.9 Å². The fraction of sp³-hybridized carbons (Fsp3) is 0.500. The first-order chi connectivity index (χ1) is 11.5. The fourth-order valence-electron chi connectivity index (χ4n) is 3.03. The Hall–Kier alpha value is -2.37. The van der Waals surface area contributed by atoms with E-state index in [-0.39, 0.29) is 23.7 Å². The van der Waals surface area contributed by atoms with E-state index >= 15 is 0 Å². The van der Waals surface area contributed by atoms with Gasteiger partial charge in [0.2, 0.25) is 5.91 Å². The Morgan fingerprint density at radius 3 is 2.58 bits per heavy atom. The Bertz CT molecular complexity index is 588. The van der Waals surface area contributed by atoms with Crippen molar-refractivity contribution in [3.05, 3.63) is 35.9 Å². The van der Waals surface area contributed by atoms with Crippen molar-refractivity contribution in [1.29, 1.82) is 0 Å². The van der Waals surface area contributed by atoms with E-state index in [0.29, 0.717) is 44.5 Å². The van der Waals surface area contributed by atoms with E-state index in [4.69, 9.17) is 5.11 Å². The first-order valence-electron chi connectivity index (χ1n) is 8.33. The number of rotatable bonds is 6. The van der Waals surface area contributed by atoms with Crippen LogP contribution in [0.25, 0.3) is 0 Å². The lowest BCUT2D eigenvalue weighted by atomic mass is 9.87. The summed E-state index contributed by atoms with van der Waals surface area (Å²) in [7, 11) is 0. The summed E-state index contributed by atoms with van der Waals surface area (Å²) >= 11 is 0. The molecule has 6 heteroatoms. The molecule has 1 aromatic rings. The van der Waals surface area contributed by atoms with Crippen LogP contribution in [-0.2, 0) is 9.59 Å². The molecule has 2 N–H and O–H groups in total. The van der Waals surface area contributed by atoms with Crippen LogP contribution in [0.1, 0.15) is 36.5 Å². The number of carbonyl (C=O) groups excluding carboxylic acids is 2. The summed E-state index contributed by atoms with van der Waals surface area (Å²) in [6, 6.07) is 8.95. The summed E-state index contributed by atoms with van der Waals surface area (Å²) in [5.74, 6) is -1.28. The molecule has 0 aliphatic carbocycles. The van der Waals surface area contributed by atoms with E-state index in [1.54, 1.807) is 29.2 Å². The average Bonchev–Trinajstić information content (AvgIpc) is 2.58. The summed E-state index contributed by atoms with van der Waals surface area (Å²) in [6.07, 6.45) is 1.44. The summed E-state index contributed by atoms with van der Waals surface area (Å²) < 4.78 is 0. The monoisotopic (exact) mass is 332 g/mol. The molecule has 1 heterocycles. The van der Waals surface area contributed by atoms with Crippen LogP contribution in [0.5, 0.6) is 0 Å². The summed E-state index contributed by atoms with van der Waals surface area (Å²) in [5.41, 5.74) is 0.605. The predicted molar refractivity (Wildman–Crippen MR) is 89.5 cm³/mol. The summed E-state index contributed by atoms with van der Waals surface area (Å²) in [6.45, 7) is 3.31. The number of aliphatic carboxylic acids is 1. The Morgan fingerprint density at radius 2 is 1.96 bits per heavy atom. The maximum atomic E-state index is 12.2. The highest BCUT2D eigenvalue weighted by atomic mass is 16.4. The molecule has 1 aliphatic heterocycles. The lowest BCUT2D eigenvalue weighted by Gasteiger charge is -2.35. The molecular weight excluding hydrogens is 308 g/mol. The third-order valence-corrected chi connectivity index (χ3v) is 4.46. The Labute approximate surface area is 141 Å². The second-order valence-electron chi connectivity index (χ2n) is 6.28. The van der Waals surface area contributed by atoms with E-state index in [1.807, 2.05) is 13.0 Å². The first-order valence-corrected chi connectivity index (χ1v) is 8.33. The minimum Gasteiger partial charge on any atom is -0.481 e. The molecule has 130 valence electrons. The molecule has 24 heavy (non-hydrogen) atoms. The van der Waals surface area contributed by atoms with Crippen molar-refractivity contribution in [3.8, 4) is 0 Å². The number of nitrogens with zero attached hydrogens (tertiary/aromatic N) is 1. The van der Waals surface area contributed by atoms with Crippen LogP contribution in [0, 0.1) is 11.8 Å². The molecule has 1 aromatic carbocycles. The van der Waals surface area contributed by atoms with Crippen LogP contribution < -0.4 is 5.32 Å². The van der Waals surface area contributed by atoms with Gasteiger partial charge in [-0.25, -0.2) is 0 Å². The summed E-state index contributed by atoms with van der Waals surface area (Å²) in [4.78, 5) is 36.9. The van der Waals surface area contributed by atoms with Gasteiger partial charge in [0.25, 0.3) is 5.91 Å². The quantitative estimate of drug-likeness (QED) is 0.777. The molecule has 0 aromatic heterocycles. The molecule has 1 fully saturated rings. The molecule has 1 aliphatic rings. The van der Waals surface area contributed by atoms with Crippen molar-refractivity contribution < 1.29 is 19.5 Å². The molecule has 2 atom stereocenters. The normalized spacial score (nSPS) is 20.5. The van der Waals surface area contributed by atoms with Gasteiger partial charge in [0.05, 0.1) is 5.92 Å². The van der Waals surface area contributed by atoms with Gasteiger partial charge in [-0.1, -0.05) is 25.1 Å². The molecule has 0 saturated carbocycles. The van der Waals surface area contributed by atoms with E-state index in [0.717, 1.165) is 0 Å². The third-order valence-electron chi connectivity index (χ3n) is 4.46. The highest BCUT2D eigenvalue weighted by Gasteiger charge is 2.32. The summed E-state index contributed by atoms with van der Waals surface area (Å²) in [5, 5.41) is 11.9. The zero-order valence-electron chi connectivity index (χ0n) is 13.9. The van der Waals surface area contributed by atoms with Crippen molar-refractivity contribution >= 4 is 17.8 Å². The Morgan fingerprint density at radius 1 is 1.25 bits per heavy atom. The number of amides is 2. The number of nitrogens with one attached hydrogen (secondary N) is 1. The van der Waals surface area contributed by atoms with Crippen LogP contribution in [0.3, 0.4) is 0 Å². The van der Waals surface area contributed by atoms with Crippen LogP contribution in [0.4, 0.5) is 0 Å². The fourth-order valence-corrected chi connectivity index (χ4v) is 3.03. The SMILES string of the molecule is CC1CN(C(=O)CCCNC(=O)c2ccccc2)CCC1C(=O)O. The number of piperidine rings is 1. The van der Waals surface area contributed by atoms with Gasteiger partial charge in [-0.3, -0.25) is 14.4 Å². The van der Waals surface area contributed by atoms with E-state index in [1.165, 1.54) is 0 Å². The largest absolute Gasteiger partial charge is 0.481 e. The van der Waals surface area contributed by atoms with Crippen molar-refractivity contribution in [2.24, 2.45) is 11.8 Å². The molecule has 0 bridgehead atoms. The topological polar surface area (TPSA) is 86.7 Å². The molecule has 1 saturated heterocycles. The molecule has 0 spiro atoms. The number of benzene rings is 1. The molecule has 6 nitrogen and oxygen atoms in total. The van der Waals surface area contributed by atoms with Crippen LogP contribution in [0.2, 0.25) is 0 Å². The Kier molecular flexibility index (Phi) is 6.35. The van der Waals surface area contributed by atoms with Gasteiger partial charge in [0, 0.05) is 31.6 Å². The van der Waals surface area contributed by atoms with Gasteiger partial charge < -0.3 is 15.3 Å². The van der Waals surface area contributed by atoms with Crippen molar-refractivity contribution in [2.75, 3.05) is 19.6 Å². The minimum absolute atomic E-state index is 0.0275. The Balaban J connectivity index is 1.69. The highest BCUT2D eigenvalue weighted by molar-refractivity contribution is 5.94. The van der Waals surface area contributed by atoms with Crippen LogP contribution in [0.15, 0.2) is 30.3 Å². The number of likely N-dealkylation sites (tertiary alicyclic amines) is 1. The maximum Gasteiger partial charge on any atom is 0.306 e. The molecular formula is C18H24N2O4. The molecule has 0 radical (unpaired) electrons. The smallest absolute Gasteiger partial charge is 0.306 e. The van der Waals surface area contributed by atoms with Crippen molar-refractivity contribution in [2.45, 2.75) is 26.2 Å². The van der Waals surface area contributed by atoms with Gasteiger partial charge >= 0.3 is 5.97 Å². The van der Waals surface area contributed by atoms with E-state index in [2.05, 4.69) is 5.32 Å². The minimum atomic E-state index is -0.779. The van der Waals surface area contributed by atoms with Crippen LogP contribution in [-0.4, -0.2) is 47.4 Å². The van der Waals surface area contributed by atoms with Gasteiger partial charge in [-0.15, -0.1) is 0 Å². The van der Waals surface area contributed by atoms with E-state index in [9.17, 15) is 14.4 Å². The predicted octanol–water partition coefficient (Wildman–Crippen LogP) is 1.77. The number of carboxylic acids is 1. The van der Waals surface area contributed by atoms with E-state index < -0.39 is 5.97 Å². The lowest BCUT2D eigenvalue weighted by molar-refractivity contribution is -0.148. The van der Waals surface area contributed by atoms with Crippen molar-refractivity contribution in [1.82, 2.24) is 10.2 Å². The second kappa shape index (κ2) is 8.47. The number of hydrogen-bond donors (Lipinski definition) is 2. The third kappa shape index (κ3) is 4.81. The van der Waals surface area contributed by atoms with Crippen LogP contribution >= 0.6 is 0 Å².